The monoisotopic (exact) mass is 321 g/mol. The maximum Gasteiger partial charge on any atom is 0.159 e. The van der Waals surface area contributed by atoms with E-state index in [9.17, 15) is 0 Å². The summed E-state index contributed by atoms with van der Waals surface area (Å²) >= 11 is 0. The van der Waals surface area contributed by atoms with E-state index in [1.807, 2.05) is 12.3 Å². The van der Waals surface area contributed by atoms with Crippen LogP contribution in [0.5, 0.6) is 0 Å². The second-order valence-electron chi connectivity index (χ2n) is 7.01. The molecule has 0 aliphatic carbocycles. The Morgan fingerprint density at radius 2 is 2.00 bits per heavy atom. The normalized spacial score (nSPS) is 17.8. The zero-order valence-corrected chi connectivity index (χ0v) is 14.7. The lowest BCUT2D eigenvalue weighted by Crippen LogP contribution is -2.38. The zero-order chi connectivity index (χ0) is 16.8. The minimum Gasteiger partial charge on any atom is -0.454 e. The van der Waals surface area contributed by atoms with Crippen molar-refractivity contribution in [2.24, 2.45) is 5.92 Å². The highest BCUT2D eigenvalue weighted by molar-refractivity contribution is 6.09. The number of aryl methyl sites for hydroxylation is 1. The Kier molecular flexibility index (Phi) is 3.48. The Morgan fingerprint density at radius 1 is 1.17 bits per heavy atom. The Balaban J connectivity index is 1.85. The third-order valence-electron chi connectivity index (χ3n) is 4.75. The van der Waals surface area contributed by atoms with Crippen LogP contribution in [0.15, 0.2) is 47.4 Å². The van der Waals surface area contributed by atoms with Gasteiger partial charge in [0, 0.05) is 42.1 Å². The summed E-state index contributed by atoms with van der Waals surface area (Å²) in [5.74, 6) is 0.631. The van der Waals surface area contributed by atoms with Gasteiger partial charge >= 0.3 is 0 Å². The van der Waals surface area contributed by atoms with E-state index in [2.05, 4.69) is 67.0 Å². The summed E-state index contributed by atoms with van der Waals surface area (Å²) < 4.78 is 6.21. The first-order valence-corrected chi connectivity index (χ1v) is 8.54. The van der Waals surface area contributed by atoms with Crippen LogP contribution in [0.4, 0.5) is 5.69 Å². The molecule has 0 N–H and O–H groups in total. The van der Waals surface area contributed by atoms with Crippen LogP contribution in [0.3, 0.4) is 0 Å². The lowest BCUT2D eigenvalue weighted by Gasteiger charge is -2.31. The van der Waals surface area contributed by atoms with Gasteiger partial charge in [-0.1, -0.05) is 26.0 Å². The number of pyridine rings is 1. The lowest BCUT2D eigenvalue weighted by molar-refractivity contribution is 0.284. The van der Waals surface area contributed by atoms with Crippen LogP contribution >= 0.6 is 0 Å². The van der Waals surface area contributed by atoms with Gasteiger partial charge in [0.2, 0.25) is 0 Å². The first kappa shape index (κ1) is 15.1. The highest BCUT2D eigenvalue weighted by Gasteiger charge is 2.27. The van der Waals surface area contributed by atoms with Gasteiger partial charge in [0.15, 0.2) is 5.58 Å². The molecule has 0 unspecified atom stereocenters. The fourth-order valence-electron chi connectivity index (χ4n) is 3.55. The van der Waals surface area contributed by atoms with E-state index in [1.165, 1.54) is 5.56 Å². The van der Waals surface area contributed by atoms with Crippen molar-refractivity contribution >= 4 is 27.6 Å². The number of rotatable bonds is 3. The van der Waals surface area contributed by atoms with Crippen molar-refractivity contribution in [3.05, 3.63) is 48.6 Å². The molecule has 0 spiro atoms. The second-order valence-corrected chi connectivity index (χ2v) is 7.01. The number of fused-ring (bicyclic) bond motifs is 3. The molecule has 124 valence electrons. The topological polar surface area (TPSA) is 32.5 Å². The van der Waals surface area contributed by atoms with E-state index in [0.717, 1.165) is 34.2 Å². The summed E-state index contributed by atoms with van der Waals surface area (Å²) in [4.78, 5) is 8.95. The minimum absolute atomic E-state index is 0.281. The lowest BCUT2D eigenvalue weighted by atomic mass is 10.1. The van der Waals surface area contributed by atoms with Crippen molar-refractivity contribution in [2.75, 3.05) is 11.4 Å². The summed E-state index contributed by atoms with van der Waals surface area (Å²) in [5.41, 5.74) is 4.21. The summed E-state index contributed by atoms with van der Waals surface area (Å²) in [5, 5.41) is 2.20. The maximum atomic E-state index is 6.21. The van der Waals surface area contributed by atoms with Gasteiger partial charge in [0.25, 0.3) is 0 Å². The van der Waals surface area contributed by atoms with Crippen LogP contribution in [0.2, 0.25) is 0 Å². The van der Waals surface area contributed by atoms with E-state index in [0.29, 0.717) is 5.92 Å². The quantitative estimate of drug-likeness (QED) is 0.688. The van der Waals surface area contributed by atoms with Gasteiger partial charge in [-0.25, -0.2) is 0 Å². The van der Waals surface area contributed by atoms with Crippen molar-refractivity contribution in [3.8, 4) is 0 Å². The Morgan fingerprint density at radius 3 is 2.79 bits per heavy atom. The molecule has 2 aromatic heterocycles. The Bertz CT molecular complexity index is 925. The first-order chi connectivity index (χ1) is 11.6. The van der Waals surface area contributed by atoms with Crippen molar-refractivity contribution in [1.82, 2.24) is 9.88 Å². The molecule has 1 aliphatic heterocycles. The Labute approximate surface area is 142 Å². The molecular formula is C20H23N3O. The molecular weight excluding hydrogens is 298 g/mol. The molecule has 24 heavy (non-hydrogen) atoms. The number of hydrogen-bond acceptors (Lipinski definition) is 4. The third kappa shape index (κ3) is 2.25. The molecule has 3 heterocycles. The fraction of sp³-hybridized carbons (Fsp3) is 0.350. The fourth-order valence-corrected chi connectivity index (χ4v) is 3.55. The predicted octanol–water partition coefficient (Wildman–Crippen LogP) is 4.88. The largest absolute Gasteiger partial charge is 0.454 e. The van der Waals surface area contributed by atoms with Crippen LogP contribution < -0.4 is 4.90 Å². The van der Waals surface area contributed by atoms with E-state index in [-0.39, 0.29) is 6.17 Å². The molecule has 0 fully saturated rings. The number of nitrogens with zero attached hydrogens (tertiary/aromatic N) is 3. The van der Waals surface area contributed by atoms with Gasteiger partial charge in [0.05, 0.1) is 5.69 Å². The van der Waals surface area contributed by atoms with Gasteiger partial charge in [-0.05, 0) is 31.4 Å². The first-order valence-electron chi connectivity index (χ1n) is 8.54. The van der Waals surface area contributed by atoms with E-state index in [1.54, 1.807) is 6.20 Å². The molecule has 4 nitrogen and oxygen atoms in total. The smallest absolute Gasteiger partial charge is 0.159 e. The van der Waals surface area contributed by atoms with Crippen molar-refractivity contribution < 1.29 is 4.42 Å². The average Bonchev–Trinajstić information content (AvgIpc) is 3.09. The Hall–Kier alpha value is -2.49. The van der Waals surface area contributed by atoms with Crippen molar-refractivity contribution in [1.29, 1.82) is 0 Å². The third-order valence-corrected chi connectivity index (χ3v) is 4.75. The van der Waals surface area contributed by atoms with Crippen LogP contribution in [-0.2, 0) is 0 Å². The summed E-state index contributed by atoms with van der Waals surface area (Å²) in [6.07, 6.45) is 8.30. The van der Waals surface area contributed by atoms with Gasteiger partial charge in [-0.15, -0.1) is 0 Å². The van der Waals surface area contributed by atoms with Crippen molar-refractivity contribution in [2.45, 2.75) is 33.9 Å². The van der Waals surface area contributed by atoms with E-state index < -0.39 is 0 Å². The van der Waals surface area contributed by atoms with Gasteiger partial charge in [-0.2, -0.15) is 0 Å². The minimum atomic E-state index is 0.281. The predicted molar refractivity (Wildman–Crippen MR) is 98.9 cm³/mol. The van der Waals surface area contributed by atoms with E-state index in [4.69, 9.17) is 4.42 Å². The summed E-state index contributed by atoms with van der Waals surface area (Å²) in [7, 11) is 0. The molecule has 0 saturated carbocycles. The van der Waals surface area contributed by atoms with Crippen LogP contribution in [-0.4, -0.2) is 22.6 Å². The number of anilines is 1. The number of hydrogen-bond donors (Lipinski definition) is 0. The molecule has 0 bridgehead atoms. The van der Waals surface area contributed by atoms with Crippen LogP contribution in [0.25, 0.3) is 21.9 Å². The maximum absolute atomic E-state index is 6.21. The molecule has 1 aliphatic rings. The molecule has 3 aromatic rings. The van der Waals surface area contributed by atoms with Crippen LogP contribution in [0, 0.1) is 12.8 Å². The van der Waals surface area contributed by atoms with Crippen molar-refractivity contribution in [3.63, 3.8) is 0 Å². The number of aromatic nitrogens is 1. The highest BCUT2D eigenvalue weighted by atomic mass is 16.3. The number of benzene rings is 1. The second kappa shape index (κ2) is 5.55. The average molecular weight is 321 g/mol. The van der Waals surface area contributed by atoms with E-state index >= 15 is 0 Å². The van der Waals surface area contributed by atoms with Gasteiger partial charge in [0.1, 0.15) is 11.7 Å². The standard InChI is InChI=1S/C20H23N3O/c1-13(2)12-22-9-10-23(15(22)4)19-14(3)5-6-16-17-11-21-8-7-18(17)24-20(16)19/h5-11,13,15H,12H2,1-4H3/t15-/m0/s1. The molecule has 1 atom stereocenters. The molecule has 0 amide bonds. The molecule has 0 saturated heterocycles. The zero-order valence-electron chi connectivity index (χ0n) is 14.7. The highest BCUT2D eigenvalue weighted by Crippen LogP contribution is 2.39. The number of furan rings is 1. The van der Waals surface area contributed by atoms with Gasteiger partial charge < -0.3 is 14.2 Å². The SMILES string of the molecule is Cc1ccc2c(oc3ccncc32)c1N1C=CN(CC(C)C)[C@@H]1C. The molecule has 4 heteroatoms. The van der Waals surface area contributed by atoms with Crippen LogP contribution in [0.1, 0.15) is 26.3 Å². The molecule has 1 aromatic carbocycles. The summed E-state index contributed by atoms with van der Waals surface area (Å²) in [6.45, 7) is 9.94. The summed E-state index contributed by atoms with van der Waals surface area (Å²) in [6, 6.07) is 6.24. The molecule has 4 rings (SSSR count). The molecule has 0 radical (unpaired) electrons. The van der Waals surface area contributed by atoms with Gasteiger partial charge in [-0.3, -0.25) is 4.98 Å².